The number of aryl methyl sites for hydroxylation is 3. The zero-order chi connectivity index (χ0) is 14.8. The second kappa shape index (κ2) is 6.02. The first kappa shape index (κ1) is 14.3. The van der Waals surface area contributed by atoms with Crippen LogP contribution >= 0.6 is 0 Å². The van der Waals surface area contributed by atoms with Crippen molar-refractivity contribution in [2.75, 3.05) is 6.54 Å². The first-order valence-electron chi connectivity index (χ1n) is 7.93. The minimum Gasteiger partial charge on any atom is -0.361 e. The molecule has 112 valence electrons. The maximum Gasteiger partial charge on any atom is 0.141 e. The van der Waals surface area contributed by atoms with Gasteiger partial charge in [-0.1, -0.05) is 41.9 Å². The monoisotopic (exact) mass is 284 g/mol. The van der Waals surface area contributed by atoms with Crippen molar-refractivity contribution < 1.29 is 4.52 Å². The molecule has 2 heterocycles. The van der Waals surface area contributed by atoms with Crippen molar-refractivity contribution in [2.24, 2.45) is 0 Å². The molecule has 3 heteroatoms. The van der Waals surface area contributed by atoms with E-state index >= 15 is 0 Å². The highest BCUT2D eigenvalue weighted by molar-refractivity contribution is 5.28. The van der Waals surface area contributed by atoms with E-state index in [4.69, 9.17) is 4.52 Å². The summed E-state index contributed by atoms with van der Waals surface area (Å²) >= 11 is 0. The van der Waals surface area contributed by atoms with Crippen LogP contribution in [0, 0.1) is 13.8 Å². The second-order valence-corrected chi connectivity index (χ2v) is 6.08. The maximum atomic E-state index is 5.50. The highest BCUT2D eigenvalue weighted by Crippen LogP contribution is 2.36. The molecule has 1 aromatic heterocycles. The fourth-order valence-electron chi connectivity index (χ4n) is 3.49. The Hall–Kier alpha value is -1.61. The van der Waals surface area contributed by atoms with E-state index in [1.54, 1.807) is 0 Å². The minimum atomic E-state index is 0.465. The molecule has 0 unspecified atom stereocenters. The predicted molar refractivity (Wildman–Crippen MR) is 84.2 cm³/mol. The van der Waals surface area contributed by atoms with Gasteiger partial charge in [0.2, 0.25) is 0 Å². The van der Waals surface area contributed by atoms with Gasteiger partial charge in [0.05, 0.1) is 5.69 Å². The topological polar surface area (TPSA) is 29.3 Å². The minimum absolute atomic E-state index is 0.465. The lowest BCUT2D eigenvalue weighted by molar-refractivity contribution is 0.245. The highest BCUT2D eigenvalue weighted by atomic mass is 16.5. The van der Waals surface area contributed by atoms with Crippen LogP contribution in [0.1, 0.15) is 54.0 Å². The van der Waals surface area contributed by atoms with Gasteiger partial charge in [0.1, 0.15) is 5.76 Å². The summed E-state index contributed by atoms with van der Waals surface area (Å²) in [6.07, 6.45) is 3.39. The van der Waals surface area contributed by atoms with Crippen molar-refractivity contribution in [3.8, 4) is 0 Å². The van der Waals surface area contributed by atoms with Crippen molar-refractivity contribution in [1.29, 1.82) is 0 Å². The van der Waals surface area contributed by atoms with Gasteiger partial charge in [-0.15, -0.1) is 0 Å². The molecule has 0 spiro atoms. The van der Waals surface area contributed by atoms with E-state index in [9.17, 15) is 0 Å². The van der Waals surface area contributed by atoms with E-state index in [0.717, 1.165) is 31.0 Å². The molecule has 2 aromatic rings. The Bertz CT molecular complexity index is 617. The summed E-state index contributed by atoms with van der Waals surface area (Å²) in [5, 5.41) is 4.19. The molecule has 0 saturated carbocycles. The molecular weight excluding hydrogens is 260 g/mol. The third kappa shape index (κ3) is 2.88. The predicted octanol–water partition coefficient (Wildman–Crippen LogP) is 4.19. The number of rotatable bonds is 4. The lowest BCUT2D eigenvalue weighted by Gasteiger charge is -2.25. The van der Waals surface area contributed by atoms with E-state index in [1.165, 1.54) is 29.5 Å². The Morgan fingerprint density at radius 1 is 1.33 bits per heavy atom. The van der Waals surface area contributed by atoms with E-state index in [0.29, 0.717) is 6.04 Å². The van der Waals surface area contributed by atoms with E-state index in [1.807, 2.05) is 0 Å². The summed E-state index contributed by atoms with van der Waals surface area (Å²) in [6, 6.07) is 9.29. The third-order valence-electron chi connectivity index (χ3n) is 4.47. The summed E-state index contributed by atoms with van der Waals surface area (Å²) in [5.41, 5.74) is 5.13. The van der Waals surface area contributed by atoms with Crippen molar-refractivity contribution in [1.82, 2.24) is 10.1 Å². The molecule has 1 aliphatic rings. The lowest BCUT2D eigenvalue weighted by atomic mass is 10.0. The van der Waals surface area contributed by atoms with Crippen LogP contribution < -0.4 is 0 Å². The summed E-state index contributed by atoms with van der Waals surface area (Å²) in [7, 11) is 0. The number of likely N-dealkylation sites (tertiary alicyclic amines) is 1. The van der Waals surface area contributed by atoms with Crippen LogP contribution in [0.25, 0.3) is 0 Å². The van der Waals surface area contributed by atoms with Gasteiger partial charge in [-0.3, -0.25) is 4.90 Å². The Balaban J connectivity index is 1.84. The fourth-order valence-corrected chi connectivity index (χ4v) is 3.49. The standard InChI is InChI=1S/C18H24N2O/c1-4-17-18(14(3)19-21-17)16-9-6-10-20(16)12-15-8-5-7-13(2)11-15/h5,7-8,11,16H,4,6,9-10,12H2,1-3H3/t16-/m0/s1. The van der Waals surface area contributed by atoms with Gasteiger partial charge in [-0.2, -0.15) is 0 Å². The Labute approximate surface area is 126 Å². The summed E-state index contributed by atoms with van der Waals surface area (Å²) < 4.78 is 5.50. The van der Waals surface area contributed by atoms with Crippen LogP contribution in [-0.2, 0) is 13.0 Å². The first-order chi connectivity index (χ1) is 10.2. The van der Waals surface area contributed by atoms with Gasteiger partial charge in [0.25, 0.3) is 0 Å². The van der Waals surface area contributed by atoms with Gasteiger partial charge in [0.15, 0.2) is 0 Å². The number of hydrogen-bond acceptors (Lipinski definition) is 3. The Kier molecular flexibility index (Phi) is 4.11. The van der Waals surface area contributed by atoms with Crippen molar-refractivity contribution in [3.05, 3.63) is 52.4 Å². The molecule has 0 radical (unpaired) electrons. The maximum absolute atomic E-state index is 5.50. The molecule has 0 N–H and O–H groups in total. The van der Waals surface area contributed by atoms with Crippen LogP contribution in [-0.4, -0.2) is 16.6 Å². The lowest BCUT2D eigenvalue weighted by Crippen LogP contribution is -2.23. The van der Waals surface area contributed by atoms with Crippen LogP contribution in [0.15, 0.2) is 28.8 Å². The zero-order valence-electron chi connectivity index (χ0n) is 13.2. The van der Waals surface area contributed by atoms with Crippen molar-refractivity contribution >= 4 is 0 Å². The molecule has 1 saturated heterocycles. The molecule has 1 atom stereocenters. The van der Waals surface area contributed by atoms with E-state index in [-0.39, 0.29) is 0 Å². The molecular formula is C18H24N2O. The van der Waals surface area contributed by atoms with Crippen LogP contribution in [0.2, 0.25) is 0 Å². The van der Waals surface area contributed by atoms with E-state index < -0.39 is 0 Å². The molecule has 0 aliphatic carbocycles. The molecule has 1 fully saturated rings. The van der Waals surface area contributed by atoms with Gasteiger partial charge in [-0.25, -0.2) is 0 Å². The Morgan fingerprint density at radius 2 is 2.19 bits per heavy atom. The highest BCUT2D eigenvalue weighted by Gasteiger charge is 2.31. The second-order valence-electron chi connectivity index (χ2n) is 6.08. The molecule has 0 amide bonds. The van der Waals surface area contributed by atoms with Gasteiger partial charge in [-0.05, 0) is 38.8 Å². The van der Waals surface area contributed by atoms with Gasteiger partial charge >= 0.3 is 0 Å². The average Bonchev–Trinajstić information content (AvgIpc) is 3.05. The van der Waals surface area contributed by atoms with Gasteiger partial charge in [0, 0.05) is 24.6 Å². The van der Waals surface area contributed by atoms with Crippen LogP contribution in [0.3, 0.4) is 0 Å². The number of nitrogens with zero attached hydrogens (tertiary/aromatic N) is 2. The molecule has 3 nitrogen and oxygen atoms in total. The van der Waals surface area contributed by atoms with Crippen molar-refractivity contribution in [3.63, 3.8) is 0 Å². The summed E-state index contributed by atoms with van der Waals surface area (Å²) in [5.74, 6) is 1.06. The number of aromatic nitrogens is 1. The normalized spacial score (nSPS) is 19.3. The average molecular weight is 284 g/mol. The number of benzene rings is 1. The largest absolute Gasteiger partial charge is 0.361 e. The Morgan fingerprint density at radius 3 is 2.95 bits per heavy atom. The SMILES string of the molecule is CCc1onc(C)c1[C@@H]1CCCN1Cc1cccc(C)c1. The smallest absolute Gasteiger partial charge is 0.141 e. The van der Waals surface area contributed by atoms with Crippen LogP contribution in [0.5, 0.6) is 0 Å². The molecule has 21 heavy (non-hydrogen) atoms. The quantitative estimate of drug-likeness (QED) is 0.843. The first-order valence-corrected chi connectivity index (χ1v) is 7.93. The summed E-state index contributed by atoms with van der Waals surface area (Å²) in [4.78, 5) is 2.58. The molecule has 1 aliphatic heterocycles. The van der Waals surface area contributed by atoms with E-state index in [2.05, 4.69) is 55.1 Å². The van der Waals surface area contributed by atoms with Crippen molar-refractivity contribution in [2.45, 2.75) is 52.6 Å². The summed E-state index contributed by atoms with van der Waals surface area (Å²) in [6.45, 7) is 8.54. The molecule has 0 bridgehead atoms. The molecule has 1 aromatic carbocycles. The molecule has 3 rings (SSSR count). The van der Waals surface area contributed by atoms with Gasteiger partial charge < -0.3 is 4.52 Å². The zero-order valence-corrected chi connectivity index (χ0v) is 13.2. The van der Waals surface area contributed by atoms with Crippen LogP contribution in [0.4, 0.5) is 0 Å². The number of hydrogen-bond donors (Lipinski definition) is 0. The fraction of sp³-hybridized carbons (Fsp3) is 0.500. The third-order valence-corrected chi connectivity index (χ3v) is 4.47.